The summed E-state index contributed by atoms with van der Waals surface area (Å²) in [4.78, 5) is 29.1. The highest BCUT2D eigenvalue weighted by atomic mass is 19.3. The molecule has 0 saturated heterocycles. The van der Waals surface area contributed by atoms with Crippen molar-refractivity contribution in [2.24, 2.45) is 0 Å². The Morgan fingerprint density at radius 3 is 2.63 bits per heavy atom. The number of alkyl halides is 2. The number of nitrogens with one attached hydrogen (secondary N) is 1. The summed E-state index contributed by atoms with van der Waals surface area (Å²) >= 11 is 0. The third-order valence-electron chi connectivity index (χ3n) is 5.77. The highest BCUT2D eigenvalue weighted by Gasteiger charge is 2.37. The summed E-state index contributed by atoms with van der Waals surface area (Å²) < 4.78 is 29.7. The van der Waals surface area contributed by atoms with Crippen molar-refractivity contribution in [1.29, 1.82) is 0 Å². The van der Waals surface area contributed by atoms with Crippen molar-refractivity contribution in [1.82, 2.24) is 15.0 Å². The SMILES string of the molecule is CC(C)Nc1ncc2c(n1)C(c1ccc(OC(F)F)cc1)C(=O)N(c1ccc3ncccc3c1)C2. The molecule has 1 N–H and O–H groups in total. The number of halogens is 2. The van der Waals surface area contributed by atoms with E-state index in [0.29, 0.717) is 23.8 Å². The van der Waals surface area contributed by atoms with Crippen molar-refractivity contribution in [3.05, 3.63) is 83.8 Å². The van der Waals surface area contributed by atoms with Crippen molar-refractivity contribution in [2.75, 3.05) is 10.2 Å². The van der Waals surface area contributed by atoms with Crippen molar-refractivity contribution >= 4 is 28.4 Å². The topological polar surface area (TPSA) is 80.2 Å². The largest absolute Gasteiger partial charge is 0.435 e. The maximum Gasteiger partial charge on any atom is 0.387 e. The van der Waals surface area contributed by atoms with E-state index in [0.717, 1.165) is 22.2 Å². The van der Waals surface area contributed by atoms with Crippen LogP contribution in [-0.4, -0.2) is 33.5 Å². The van der Waals surface area contributed by atoms with Gasteiger partial charge in [-0.3, -0.25) is 9.78 Å². The number of hydrogen-bond donors (Lipinski definition) is 1. The number of benzene rings is 2. The number of carbonyl (C=O) groups excluding carboxylic acids is 1. The van der Waals surface area contributed by atoms with Crippen LogP contribution in [0.5, 0.6) is 5.75 Å². The van der Waals surface area contributed by atoms with Crippen molar-refractivity contribution in [2.45, 2.75) is 39.0 Å². The van der Waals surface area contributed by atoms with Crippen LogP contribution in [0.1, 0.15) is 36.6 Å². The van der Waals surface area contributed by atoms with Gasteiger partial charge in [-0.05, 0) is 55.8 Å². The smallest absolute Gasteiger partial charge is 0.387 e. The number of ether oxygens (including phenoxy) is 1. The van der Waals surface area contributed by atoms with Crippen LogP contribution >= 0.6 is 0 Å². The van der Waals surface area contributed by atoms with E-state index in [2.05, 4.69) is 25.0 Å². The number of rotatable bonds is 6. The molecule has 1 atom stereocenters. The third-order valence-corrected chi connectivity index (χ3v) is 5.77. The van der Waals surface area contributed by atoms with Gasteiger partial charge in [-0.2, -0.15) is 8.78 Å². The van der Waals surface area contributed by atoms with Gasteiger partial charge >= 0.3 is 6.61 Å². The minimum atomic E-state index is -2.92. The Morgan fingerprint density at radius 2 is 1.89 bits per heavy atom. The molecule has 0 aliphatic carbocycles. The molecule has 0 saturated carbocycles. The van der Waals surface area contributed by atoms with Crippen molar-refractivity contribution in [3.8, 4) is 5.75 Å². The Bertz CT molecular complexity index is 1380. The Kier molecular flexibility index (Phi) is 5.98. The van der Waals surface area contributed by atoms with Gasteiger partial charge in [0.25, 0.3) is 0 Å². The van der Waals surface area contributed by atoms with Crippen molar-refractivity contribution in [3.63, 3.8) is 0 Å². The molecule has 1 aliphatic rings. The first-order valence-corrected chi connectivity index (χ1v) is 11.2. The summed E-state index contributed by atoms with van der Waals surface area (Å²) in [6.07, 6.45) is 3.46. The second kappa shape index (κ2) is 9.25. The maximum atomic E-state index is 13.9. The first-order valence-electron chi connectivity index (χ1n) is 11.2. The molecule has 0 fully saturated rings. The van der Waals surface area contributed by atoms with E-state index in [4.69, 9.17) is 0 Å². The predicted molar refractivity (Wildman–Crippen MR) is 129 cm³/mol. The zero-order chi connectivity index (χ0) is 24.5. The standard InChI is InChI=1S/C26H23F2N5O2/c1-15(2)31-26-30-13-18-14-33(19-7-10-21-17(12-19)4-3-11-29-21)24(34)22(23(18)32-26)16-5-8-20(9-6-16)35-25(27)28/h3-13,15,22,25H,14H2,1-2H3,(H,30,31,32). The summed E-state index contributed by atoms with van der Waals surface area (Å²) in [5, 5.41) is 4.10. The minimum Gasteiger partial charge on any atom is -0.435 e. The van der Waals surface area contributed by atoms with Crippen LogP contribution in [0.2, 0.25) is 0 Å². The van der Waals surface area contributed by atoms with Gasteiger partial charge in [0, 0.05) is 35.1 Å². The summed E-state index contributed by atoms with van der Waals surface area (Å²) in [7, 11) is 0. The molecule has 1 unspecified atom stereocenters. The van der Waals surface area contributed by atoms with E-state index in [1.165, 1.54) is 12.1 Å². The number of anilines is 2. The monoisotopic (exact) mass is 475 g/mol. The summed E-state index contributed by atoms with van der Waals surface area (Å²) in [6, 6.07) is 15.7. The molecule has 4 aromatic rings. The lowest BCUT2D eigenvalue weighted by molar-refractivity contribution is -0.119. The molecule has 2 aromatic carbocycles. The van der Waals surface area contributed by atoms with E-state index in [9.17, 15) is 13.6 Å². The second-order valence-corrected chi connectivity index (χ2v) is 8.59. The van der Waals surface area contributed by atoms with Crippen LogP contribution in [0.4, 0.5) is 20.4 Å². The molecule has 1 aliphatic heterocycles. The fourth-order valence-electron chi connectivity index (χ4n) is 4.23. The molecule has 2 aromatic heterocycles. The molecule has 3 heterocycles. The van der Waals surface area contributed by atoms with Gasteiger partial charge in [0.1, 0.15) is 11.7 Å². The second-order valence-electron chi connectivity index (χ2n) is 8.59. The fourth-order valence-corrected chi connectivity index (χ4v) is 4.23. The number of nitrogens with zero attached hydrogens (tertiary/aromatic N) is 4. The minimum absolute atomic E-state index is 0.0240. The van der Waals surface area contributed by atoms with Crippen molar-refractivity contribution < 1.29 is 18.3 Å². The van der Waals surface area contributed by atoms with Gasteiger partial charge in [-0.1, -0.05) is 18.2 Å². The zero-order valence-electron chi connectivity index (χ0n) is 19.2. The molecule has 0 bridgehead atoms. The molecule has 178 valence electrons. The number of carbonyl (C=O) groups is 1. The Morgan fingerprint density at radius 1 is 1.09 bits per heavy atom. The van der Waals surface area contributed by atoms with Gasteiger partial charge in [-0.15, -0.1) is 0 Å². The Labute approximate surface area is 200 Å². The van der Waals surface area contributed by atoms with Gasteiger partial charge in [0.2, 0.25) is 11.9 Å². The molecule has 7 nitrogen and oxygen atoms in total. The Balaban J connectivity index is 1.58. The molecule has 9 heteroatoms. The van der Waals surface area contributed by atoms with Gasteiger partial charge in [-0.25, -0.2) is 9.97 Å². The van der Waals surface area contributed by atoms with E-state index in [-0.39, 0.29) is 17.7 Å². The highest BCUT2D eigenvalue weighted by molar-refractivity contribution is 6.02. The summed E-state index contributed by atoms with van der Waals surface area (Å²) in [5.74, 6) is -0.451. The van der Waals surface area contributed by atoms with E-state index >= 15 is 0 Å². The average Bonchev–Trinajstić information content (AvgIpc) is 2.83. The van der Waals surface area contributed by atoms with Crippen LogP contribution in [0.3, 0.4) is 0 Å². The Hall–Kier alpha value is -4.14. The lowest BCUT2D eigenvalue weighted by atomic mass is 9.88. The lowest BCUT2D eigenvalue weighted by Crippen LogP contribution is -2.40. The van der Waals surface area contributed by atoms with Gasteiger partial charge in [0.05, 0.1) is 17.8 Å². The van der Waals surface area contributed by atoms with Crippen LogP contribution in [0.15, 0.2) is 67.0 Å². The van der Waals surface area contributed by atoms with Crippen LogP contribution < -0.4 is 15.0 Å². The summed E-state index contributed by atoms with van der Waals surface area (Å²) in [6.45, 7) is 1.34. The number of hydrogen-bond acceptors (Lipinski definition) is 6. The molecular weight excluding hydrogens is 452 g/mol. The molecule has 35 heavy (non-hydrogen) atoms. The quantitative estimate of drug-likeness (QED) is 0.417. The first-order chi connectivity index (χ1) is 16.9. The number of fused-ring (bicyclic) bond motifs is 2. The number of amides is 1. The zero-order valence-corrected chi connectivity index (χ0v) is 19.2. The van der Waals surface area contributed by atoms with Crippen LogP contribution in [0.25, 0.3) is 10.9 Å². The molecule has 0 spiro atoms. The van der Waals surface area contributed by atoms with E-state index in [1.54, 1.807) is 29.4 Å². The predicted octanol–water partition coefficient (Wildman–Crippen LogP) is 5.13. The summed E-state index contributed by atoms with van der Waals surface area (Å²) in [5.41, 5.74) is 3.59. The van der Waals surface area contributed by atoms with Crippen LogP contribution in [0, 0.1) is 0 Å². The maximum absolute atomic E-state index is 13.9. The fraction of sp³-hybridized carbons (Fsp3) is 0.231. The number of aromatic nitrogens is 3. The van der Waals surface area contributed by atoms with Crippen LogP contribution in [-0.2, 0) is 11.3 Å². The lowest BCUT2D eigenvalue weighted by Gasteiger charge is -2.34. The van der Waals surface area contributed by atoms with E-state index in [1.807, 2.05) is 44.2 Å². The third kappa shape index (κ3) is 4.62. The molecule has 5 rings (SSSR count). The van der Waals surface area contributed by atoms with Gasteiger partial charge in [0.15, 0.2) is 0 Å². The normalized spacial score (nSPS) is 15.5. The van der Waals surface area contributed by atoms with E-state index < -0.39 is 12.5 Å². The molecule has 0 radical (unpaired) electrons. The number of pyridine rings is 1. The molecular formula is C26H23F2N5O2. The average molecular weight is 475 g/mol. The first kappa shape index (κ1) is 22.6. The molecule has 1 amide bonds. The van der Waals surface area contributed by atoms with Gasteiger partial charge < -0.3 is 15.0 Å². The highest BCUT2D eigenvalue weighted by Crippen LogP contribution is 2.37.